The summed E-state index contributed by atoms with van der Waals surface area (Å²) in [6.07, 6.45) is 3.99. The number of hydroxylamine groups is 1. The number of likely N-dealkylation sites (tertiary alicyclic amines) is 1. The largest absolute Gasteiger partial charge is 0.484 e. The maximum Gasteiger partial charge on any atom is 0.267 e. The molecule has 1 fully saturated rings. The van der Waals surface area contributed by atoms with E-state index in [0.717, 1.165) is 0 Å². The van der Waals surface area contributed by atoms with Gasteiger partial charge in [-0.25, -0.2) is 5.48 Å². The third-order valence-corrected chi connectivity index (χ3v) is 4.62. The first kappa shape index (κ1) is 17.2. The van der Waals surface area contributed by atoms with Gasteiger partial charge < -0.3 is 9.64 Å². The van der Waals surface area contributed by atoms with Crippen molar-refractivity contribution in [3.8, 4) is 5.75 Å². The van der Waals surface area contributed by atoms with E-state index >= 15 is 0 Å². The van der Waals surface area contributed by atoms with E-state index in [2.05, 4.69) is 0 Å². The van der Waals surface area contributed by atoms with Crippen LogP contribution in [0.15, 0.2) is 24.3 Å². The highest BCUT2D eigenvalue weighted by Crippen LogP contribution is 2.39. The first-order chi connectivity index (χ1) is 12.0. The van der Waals surface area contributed by atoms with Crippen LogP contribution in [0.25, 0.3) is 6.08 Å². The molecule has 2 aliphatic rings. The van der Waals surface area contributed by atoms with Gasteiger partial charge in [-0.3, -0.25) is 19.6 Å². The van der Waals surface area contributed by atoms with E-state index < -0.39 is 11.5 Å². The number of fused-ring (bicyclic) bond motifs is 1. The molecular formula is C18H20N2O5. The van der Waals surface area contributed by atoms with Gasteiger partial charge in [0.05, 0.1) is 18.5 Å². The maximum atomic E-state index is 12.6. The Morgan fingerprint density at radius 1 is 1.44 bits per heavy atom. The van der Waals surface area contributed by atoms with Crippen molar-refractivity contribution in [2.24, 2.45) is 0 Å². The molecule has 132 valence electrons. The summed E-state index contributed by atoms with van der Waals surface area (Å²) in [6.45, 7) is 2.86. The fraction of sp³-hybridized carbons (Fsp3) is 0.389. The Morgan fingerprint density at radius 3 is 2.96 bits per heavy atom. The number of nitrogens with zero attached hydrogens (tertiary/aromatic N) is 1. The molecule has 2 amide bonds. The Morgan fingerprint density at radius 2 is 2.24 bits per heavy atom. The lowest BCUT2D eigenvalue weighted by Crippen LogP contribution is -2.45. The molecule has 1 atom stereocenters. The van der Waals surface area contributed by atoms with Crippen molar-refractivity contribution in [3.05, 3.63) is 35.4 Å². The number of hydrogen-bond acceptors (Lipinski definition) is 5. The minimum absolute atomic E-state index is 0.0334. The van der Waals surface area contributed by atoms with Crippen LogP contribution in [0.4, 0.5) is 0 Å². The molecule has 1 aromatic carbocycles. The molecule has 0 aromatic heterocycles. The zero-order valence-electron chi connectivity index (χ0n) is 13.9. The number of ketones is 1. The van der Waals surface area contributed by atoms with E-state index in [0.29, 0.717) is 42.8 Å². The van der Waals surface area contributed by atoms with E-state index in [4.69, 9.17) is 9.94 Å². The van der Waals surface area contributed by atoms with Crippen LogP contribution in [-0.2, 0) is 9.59 Å². The number of nitrogens with one attached hydrogen (secondary N) is 1. The SMILES string of the molecule is CCC(=O)N1CCC2(CC(=O)c3cc(/C=C/C(=O)NO)ccc3O2)C1. The number of carbonyl (C=O) groups excluding carboxylic acids is 3. The molecular weight excluding hydrogens is 324 g/mol. The average Bonchev–Trinajstić information content (AvgIpc) is 3.02. The monoisotopic (exact) mass is 344 g/mol. The fourth-order valence-electron chi connectivity index (χ4n) is 3.33. The summed E-state index contributed by atoms with van der Waals surface area (Å²) in [5.41, 5.74) is 2.00. The molecule has 1 saturated heterocycles. The molecule has 7 heteroatoms. The summed E-state index contributed by atoms with van der Waals surface area (Å²) in [5.74, 6) is -0.105. The van der Waals surface area contributed by atoms with Gasteiger partial charge in [-0.1, -0.05) is 13.0 Å². The van der Waals surface area contributed by atoms with Crippen LogP contribution in [0.1, 0.15) is 42.1 Å². The highest BCUT2D eigenvalue weighted by atomic mass is 16.5. The molecule has 1 spiro atoms. The molecule has 2 aliphatic heterocycles. The predicted molar refractivity (Wildman–Crippen MR) is 89.2 cm³/mol. The summed E-state index contributed by atoms with van der Waals surface area (Å²) in [4.78, 5) is 37.3. The van der Waals surface area contributed by atoms with Crippen LogP contribution < -0.4 is 10.2 Å². The number of Topliss-reactive ketones (excluding diaryl/α,β-unsaturated/α-hetero) is 1. The summed E-state index contributed by atoms with van der Waals surface area (Å²) in [7, 11) is 0. The maximum absolute atomic E-state index is 12.6. The number of hydrogen-bond donors (Lipinski definition) is 2. The van der Waals surface area contributed by atoms with Gasteiger partial charge in [-0.05, 0) is 23.8 Å². The first-order valence-corrected chi connectivity index (χ1v) is 8.22. The van der Waals surface area contributed by atoms with Crippen molar-refractivity contribution < 1.29 is 24.3 Å². The van der Waals surface area contributed by atoms with E-state index in [1.165, 1.54) is 17.6 Å². The minimum Gasteiger partial charge on any atom is -0.484 e. The topological polar surface area (TPSA) is 95.9 Å². The number of ether oxygens (including phenoxy) is 1. The third kappa shape index (κ3) is 3.41. The lowest BCUT2D eigenvalue weighted by molar-refractivity contribution is -0.130. The van der Waals surface area contributed by atoms with Gasteiger partial charge in [0.2, 0.25) is 5.91 Å². The molecule has 25 heavy (non-hydrogen) atoms. The number of rotatable bonds is 3. The van der Waals surface area contributed by atoms with Crippen LogP contribution in [0.2, 0.25) is 0 Å². The van der Waals surface area contributed by atoms with Crippen LogP contribution >= 0.6 is 0 Å². The summed E-state index contributed by atoms with van der Waals surface area (Å²) < 4.78 is 6.12. The molecule has 1 aromatic rings. The van der Waals surface area contributed by atoms with Crippen LogP contribution in [-0.4, -0.2) is 46.4 Å². The van der Waals surface area contributed by atoms with Gasteiger partial charge in [0.15, 0.2) is 5.78 Å². The first-order valence-electron chi connectivity index (χ1n) is 8.22. The molecule has 0 aliphatic carbocycles. The van der Waals surface area contributed by atoms with Gasteiger partial charge in [-0.15, -0.1) is 0 Å². The zero-order valence-corrected chi connectivity index (χ0v) is 13.9. The molecule has 1 unspecified atom stereocenters. The van der Waals surface area contributed by atoms with Crippen LogP contribution in [0.3, 0.4) is 0 Å². The predicted octanol–water partition coefficient (Wildman–Crippen LogP) is 1.55. The van der Waals surface area contributed by atoms with Crippen molar-refractivity contribution in [2.45, 2.75) is 31.8 Å². The van der Waals surface area contributed by atoms with Crippen LogP contribution in [0.5, 0.6) is 5.75 Å². The standard InChI is InChI=1S/C18H20N2O5/c1-2-17(23)20-8-7-18(11-20)10-14(21)13-9-12(3-5-15(13)25-18)4-6-16(22)19-24/h3-6,9,24H,2,7-8,10-11H2,1H3,(H,19,22)/b6-4+. The lowest BCUT2D eigenvalue weighted by atomic mass is 9.88. The Kier molecular flexibility index (Phi) is 4.59. The van der Waals surface area contributed by atoms with Crippen LogP contribution in [0, 0.1) is 0 Å². The molecule has 3 rings (SSSR count). The van der Waals surface area contributed by atoms with Crippen molar-refractivity contribution in [3.63, 3.8) is 0 Å². The Balaban J connectivity index is 1.80. The molecule has 2 N–H and O–H groups in total. The Bertz CT molecular complexity index is 758. The summed E-state index contributed by atoms with van der Waals surface area (Å²) >= 11 is 0. The van der Waals surface area contributed by atoms with Gasteiger partial charge >= 0.3 is 0 Å². The summed E-state index contributed by atoms with van der Waals surface area (Å²) in [6, 6.07) is 5.10. The highest BCUT2D eigenvalue weighted by molar-refractivity contribution is 6.01. The minimum atomic E-state index is -0.647. The molecule has 2 heterocycles. The lowest BCUT2D eigenvalue weighted by Gasteiger charge is -2.34. The molecule has 0 radical (unpaired) electrons. The fourth-order valence-corrected chi connectivity index (χ4v) is 3.33. The second kappa shape index (κ2) is 6.68. The van der Waals surface area contributed by atoms with E-state index in [9.17, 15) is 14.4 Å². The van der Waals surface area contributed by atoms with E-state index in [1.54, 1.807) is 23.1 Å². The normalized spacial score (nSPS) is 22.2. The number of carbonyl (C=O) groups is 3. The Hall–Kier alpha value is -2.67. The van der Waals surface area contributed by atoms with Crippen molar-refractivity contribution >= 4 is 23.7 Å². The highest BCUT2D eigenvalue weighted by Gasteiger charge is 2.46. The average molecular weight is 344 g/mol. The smallest absolute Gasteiger partial charge is 0.267 e. The van der Waals surface area contributed by atoms with E-state index in [-0.39, 0.29) is 18.1 Å². The number of amides is 2. The van der Waals surface area contributed by atoms with Crippen molar-refractivity contribution in [1.82, 2.24) is 10.4 Å². The Labute approximate surface area is 145 Å². The second-order valence-electron chi connectivity index (χ2n) is 6.37. The van der Waals surface area contributed by atoms with Gasteiger partial charge in [-0.2, -0.15) is 0 Å². The van der Waals surface area contributed by atoms with Crippen molar-refractivity contribution in [2.75, 3.05) is 13.1 Å². The molecule has 0 saturated carbocycles. The van der Waals surface area contributed by atoms with E-state index in [1.807, 2.05) is 6.92 Å². The van der Waals surface area contributed by atoms with Crippen molar-refractivity contribution in [1.29, 1.82) is 0 Å². The second-order valence-corrected chi connectivity index (χ2v) is 6.37. The summed E-state index contributed by atoms with van der Waals surface area (Å²) in [5, 5.41) is 8.49. The van der Waals surface area contributed by atoms with Gasteiger partial charge in [0, 0.05) is 25.5 Å². The quantitative estimate of drug-likeness (QED) is 0.493. The third-order valence-electron chi connectivity index (χ3n) is 4.62. The number of benzene rings is 1. The molecule has 7 nitrogen and oxygen atoms in total. The zero-order chi connectivity index (χ0) is 18.0. The molecule has 0 bridgehead atoms. The van der Waals surface area contributed by atoms with Gasteiger partial charge in [0.25, 0.3) is 5.91 Å². The van der Waals surface area contributed by atoms with Gasteiger partial charge in [0.1, 0.15) is 11.4 Å².